The fraction of sp³-hybridized carbons (Fsp3) is 0.286. The Bertz CT molecular complexity index is 612. The predicted octanol–water partition coefficient (Wildman–Crippen LogP) is 5.48. The van der Waals surface area contributed by atoms with Gasteiger partial charge in [-0.15, -0.1) is 11.3 Å². The lowest BCUT2D eigenvalue weighted by atomic mass is 10.1. The number of nitrogens with two attached hydrogens (primary N) is 1. The summed E-state index contributed by atoms with van der Waals surface area (Å²) >= 11 is 19.7. The molecular weight excluding hydrogens is 337 g/mol. The number of thiophene rings is 1. The molecule has 0 saturated carbocycles. The van der Waals surface area contributed by atoms with E-state index in [0.29, 0.717) is 20.8 Å². The van der Waals surface area contributed by atoms with Crippen LogP contribution in [0.25, 0.3) is 0 Å². The van der Waals surface area contributed by atoms with Crippen molar-refractivity contribution in [1.82, 2.24) is 0 Å². The zero-order valence-electron chi connectivity index (χ0n) is 11.0. The molecule has 0 amide bonds. The van der Waals surface area contributed by atoms with Crippen molar-refractivity contribution in [2.45, 2.75) is 26.0 Å². The van der Waals surface area contributed by atoms with E-state index >= 15 is 0 Å². The topological polar surface area (TPSA) is 35.2 Å². The van der Waals surface area contributed by atoms with Crippen LogP contribution in [0.15, 0.2) is 23.6 Å². The normalized spacial score (nSPS) is 14.1. The summed E-state index contributed by atoms with van der Waals surface area (Å²) in [6.07, 6.45) is -0.273. The molecule has 0 fully saturated rings. The molecule has 20 heavy (non-hydrogen) atoms. The first-order valence-electron chi connectivity index (χ1n) is 6.01. The number of ether oxygens (including phenoxy) is 1. The molecule has 2 aromatic rings. The van der Waals surface area contributed by atoms with Gasteiger partial charge >= 0.3 is 0 Å². The van der Waals surface area contributed by atoms with E-state index in [1.54, 1.807) is 23.5 Å². The molecule has 108 valence electrons. The summed E-state index contributed by atoms with van der Waals surface area (Å²) in [4.78, 5) is 1.09. The molecule has 1 heterocycles. The van der Waals surface area contributed by atoms with E-state index < -0.39 is 0 Å². The Morgan fingerprint density at radius 2 is 1.80 bits per heavy atom. The van der Waals surface area contributed by atoms with Crippen molar-refractivity contribution < 1.29 is 4.74 Å². The maximum Gasteiger partial charge on any atom is 0.148 e. The average Bonchev–Trinajstić information content (AvgIpc) is 2.78. The van der Waals surface area contributed by atoms with Gasteiger partial charge in [0.15, 0.2) is 0 Å². The summed E-state index contributed by atoms with van der Waals surface area (Å²) in [7, 11) is 0. The highest BCUT2D eigenvalue weighted by atomic mass is 35.5. The minimum Gasteiger partial charge on any atom is -0.482 e. The molecule has 2 rings (SSSR count). The summed E-state index contributed by atoms with van der Waals surface area (Å²) in [6.45, 7) is 3.93. The largest absolute Gasteiger partial charge is 0.482 e. The van der Waals surface area contributed by atoms with Gasteiger partial charge in [-0.1, -0.05) is 34.8 Å². The van der Waals surface area contributed by atoms with E-state index in [1.165, 1.54) is 0 Å². The minimum atomic E-state index is -0.273. The van der Waals surface area contributed by atoms with Crippen LogP contribution in [-0.4, -0.2) is 6.04 Å². The Labute approximate surface area is 137 Å². The molecule has 2 unspecified atom stereocenters. The summed E-state index contributed by atoms with van der Waals surface area (Å²) in [5.41, 5.74) is 7.19. The maximum absolute atomic E-state index is 6.15. The van der Waals surface area contributed by atoms with Crippen LogP contribution in [0.5, 0.6) is 5.75 Å². The van der Waals surface area contributed by atoms with Gasteiger partial charge in [0.1, 0.15) is 11.9 Å². The lowest BCUT2D eigenvalue weighted by molar-refractivity contribution is 0.183. The number of benzene rings is 1. The van der Waals surface area contributed by atoms with Crippen molar-refractivity contribution in [3.63, 3.8) is 0 Å². The molecule has 1 aromatic carbocycles. The smallest absolute Gasteiger partial charge is 0.148 e. The molecular formula is C14H14Cl3NOS. The quantitative estimate of drug-likeness (QED) is 0.741. The number of hydrogen-bond donors (Lipinski definition) is 1. The van der Waals surface area contributed by atoms with Gasteiger partial charge in [0.25, 0.3) is 0 Å². The zero-order chi connectivity index (χ0) is 14.9. The molecule has 6 heteroatoms. The van der Waals surface area contributed by atoms with Gasteiger partial charge in [-0.05, 0) is 36.9 Å². The van der Waals surface area contributed by atoms with Crippen LogP contribution in [0.1, 0.15) is 23.5 Å². The number of halogens is 3. The molecule has 0 aliphatic heterocycles. The SMILES string of the molecule is Cc1ccsc1C(Oc1cc(Cl)c(Cl)cc1Cl)C(C)N. The van der Waals surface area contributed by atoms with Crippen molar-refractivity contribution in [1.29, 1.82) is 0 Å². The van der Waals surface area contributed by atoms with Gasteiger partial charge in [0.05, 0.1) is 15.1 Å². The Morgan fingerprint density at radius 1 is 1.15 bits per heavy atom. The second kappa shape index (κ2) is 6.54. The third-order valence-electron chi connectivity index (χ3n) is 2.87. The van der Waals surface area contributed by atoms with Crippen molar-refractivity contribution in [3.05, 3.63) is 49.1 Å². The van der Waals surface area contributed by atoms with Gasteiger partial charge in [-0.2, -0.15) is 0 Å². The molecule has 0 aliphatic carbocycles. The van der Waals surface area contributed by atoms with Crippen LogP contribution in [0, 0.1) is 6.92 Å². The van der Waals surface area contributed by atoms with Crippen LogP contribution >= 0.6 is 46.1 Å². The predicted molar refractivity (Wildman–Crippen MR) is 87.5 cm³/mol. The minimum absolute atomic E-state index is 0.183. The van der Waals surface area contributed by atoms with Gasteiger partial charge in [-0.25, -0.2) is 0 Å². The summed E-state index contributed by atoms with van der Waals surface area (Å²) in [6, 6.07) is 5.04. The highest BCUT2D eigenvalue weighted by molar-refractivity contribution is 7.10. The molecule has 0 radical (unpaired) electrons. The molecule has 0 bridgehead atoms. The first-order valence-corrected chi connectivity index (χ1v) is 8.02. The van der Waals surface area contributed by atoms with Gasteiger partial charge < -0.3 is 10.5 Å². The molecule has 0 saturated heterocycles. The maximum atomic E-state index is 6.15. The number of hydrogen-bond acceptors (Lipinski definition) is 3. The van der Waals surface area contributed by atoms with Crippen LogP contribution in [0.2, 0.25) is 15.1 Å². The highest BCUT2D eigenvalue weighted by Gasteiger charge is 2.23. The van der Waals surface area contributed by atoms with Crippen LogP contribution in [-0.2, 0) is 0 Å². The zero-order valence-corrected chi connectivity index (χ0v) is 14.1. The second-order valence-electron chi connectivity index (χ2n) is 4.56. The summed E-state index contributed by atoms with van der Waals surface area (Å²) in [5, 5.41) is 3.23. The van der Waals surface area contributed by atoms with E-state index in [2.05, 4.69) is 0 Å². The van der Waals surface area contributed by atoms with Crippen LogP contribution < -0.4 is 10.5 Å². The van der Waals surface area contributed by atoms with E-state index in [-0.39, 0.29) is 12.1 Å². The van der Waals surface area contributed by atoms with Gasteiger partial charge in [-0.3, -0.25) is 0 Å². The first-order chi connectivity index (χ1) is 9.40. The lowest BCUT2D eigenvalue weighted by Gasteiger charge is -2.23. The monoisotopic (exact) mass is 349 g/mol. The van der Waals surface area contributed by atoms with Gasteiger partial charge in [0, 0.05) is 17.0 Å². The van der Waals surface area contributed by atoms with Crippen molar-refractivity contribution >= 4 is 46.1 Å². The van der Waals surface area contributed by atoms with Crippen LogP contribution in [0.4, 0.5) is 0 Å². The van der Waals surface area contributed by atoms with Crippen LogP contribution in [0.3, 0.4) is 0 Å². The summed E-state index contributed by atoms with van der Waals surface area (Å²) < 4.78 is 5.98. The third-order valence-corrected chi connectivity index (χ3v) is 4.96. The average molecular weight is 351 g/mol. The van der Waals surface area contributed by atoms with E-state index in [9.17, 15) is 0 Å². The number of aryl methyl sites for hydroxylation is 1. The summed E-state index contributed by atoms with van der Waals surface area (Å²) in [5.74, 6) is 0.483. The molecule has 2 nitrogen and oxygen atoms in total. The molecule has 2 N–H and O–H groups in total. The number of rotatable bonds is 4. The molecule has 2 atom stereocenters. The van der Waals surface area contributed by atoms with Gasteiger partial charge in [0.2, 0.25) is 0 Å². The van der Waals surface area contributed by atoms with Crippen molar-refractivity contribution in [3.8, 4) is 5.75 Å². The molecule has 0 spiro atoms. The fourth-order valence-electron chi connectivity index (χ4n) is 1.81. The Morgan fingerprint density at radius 3 is 2.35 bits per heavy atom. The molecule has 1 aromatic heterocycles. The highest BCUT2D eigenvalue weighted by Crippen LogP contribution is 2.38. The Hall–Kier alpha value is -0.450. The van der Waals surface area contributed by atoms with Crippen molar-refractivity contribution in [2.75, 3.05) is 0 Å². The lowest BCUT2D eigenvalue weighted by Crippen LogP contribution is -2.29. The standard InChI is InChI=1S/C14H14Cl3NOS/c1-7-3-4-20-14(7)13(8(2)18)19-12-6-10(16)9(15)5-11(12)17/h3-6,8,13H,18H2,1-2H3. The second-order valence-corrected chi connectivity index (χ2v) is 6.73. The van der Waals surface area contributed by atoms with E-state index in [4.69, 9.17) is 45.3 Å². The Balaban J connectivity index is 2.35. The fourth-order valence-corrected chi connectivity index (χ4v) is 3.46. The van der Waals surface area contributed by atoms with E-state index in [1.807, 2.05) is 25.3 Å². The van der Waals surface area contributed by atoms with E-state index in [0.717, 1.165) is 10.4 Å². The van der Waals surface area contributed by atoms with Crippen molar-refractivity contribution in [2.24, 2.45) is 5.73 Å². The molecule has 0 aliphatic rings. The third kappa shape index (κ3) is 3.41. The Kier molecular flexibility index (Phi) is 5.21. The first kappa shape index (κ1) is 15.9.